The summed E-state index contributed by atoms with van der Waals surface area (Å²) in [4.78, 5) is 92.6. The van der Waals surface area contributed by atoms with Crippen molar-refractivity contribution in [1.82, 2.24) is 26.6 Å². The number of amides is 5. The summed E-state index contributed by atoms with van der Waals surface area (Å²) in [6, 6.07) is 2.07. The number of carboxylic acids is 1. The van der Waals surface area contributed by atoms with Crippen LogP contribution >= 0.6 is 0 Å². The van der Waals surface area contributed by atoms with E-state index >= 15 is 0 Å². The third-order valence-corrected chi connectivity index (χ3v) is 9.48. The van der Waals surface area contributed by atoms with Gasteiger partial charge in [-0.1, -0.05) is 64.4 Å². The molecule has 0 saturated heterocycles. The number of guanidine groups is 3. The fourth-order valence-electron chi connectivity index (χ4n) is 6.01. The zero-order valence-electron chi connectivity index (χ0n) is 35.8. The van der Waals surface area contributed by atoms with Gasteiger partial charge in [0.1, 0.15) is 30.2 Å². The molecule has 1 aromatic rings. The van der Waals surface area contributed by atoms with Crippen molar-refractivity contribution in [1.29, 1.82) is 0 Å². The van der Waals surface area contributed by atoms with Crippen molar-refractivity contribution in [2.45, 2.75) is 122 Å². The average molecular weight is 860 g/mol. The summed E-state index contributed by atoms with van der Waals surface area (Å²) in [5.74, 6) is -5.84. The van der Waals surface area contributed by atoms with Crippen LogP contribution in [0.4, 0.5) is 0 Å². The third kappa shape index (κ3) is 22.1. The van der Waals surface area contributed by atoms with Gasteiger partial charge in [-0.2, -0.15) is 0 Å². The molecule has 20 N–H and O–H groups in total. The van der Waals surface area contributed by atoms with Crippen LogP contribution in [0.1, 0.15) is 84.6 Å². The summed E-state index contributed by atoms with van der Waals surface area (Å²) in [5, 5.41) is 23.2. The molecule has 7 unspecified atom stereocenters. The number of rotatable bonds is 29. The van der Waals surface area contributed by atoms with Crippen molar-refractivity contribution in [3.05, 3.63) is 35.9 Å². The fourth-order valence-corrected chi connectivity index (χ4v) is 6.01. The average Bonchev–Trinajstić information content (AvgIpc) is 3.19. The van der Waals surface area contributed by atoms with E-state index in [1.807, 2.05) is 44.2 Å². The van der Waals surface area contributed by atoms with Gasteiger partial charge in [0.2, 0.25) is 29.5 Å². The van der Waals surface area contributed by atoms with E-state index in [-0.39, 0.29) is 94.8 Å². The molecule has 0 bridgehead atoms. The third-order valence-electron chi connectivity index (χ3n) is 9.48. The molecule has 0 aromatic heterocycles. The first-order chi connectivity index (χ1) is 28.7. The molecule has 342 valence electrons. The second-order valence-corrected chi connectivity index (χ2v) is 15.2. The highest BCUT2D eigenvalue weighted by Gasteiger charge is 2.34. The molecule has 0 aliphatic heterocycles. The number of hydrogen-bond donors (Lipinski definition) is 13. The minimum Gasteiger partial charge on any atom is -0.480 e. The monoisotopic (exact) mass is 860 g/mol. The Bertz CT molecular complexity index is 1650. The Morgan fingerprint density at radius 3 is 1.43 bits per heavy atom. The summed E-state index contributed by atoms with van der Waals surface area (Å²) in [5.41, 5.74) is 39.7. The number of hydrogen-bond acceptors (Lipinski definition) is 10. The van der Waals surface area contributed by atoms with Crippen LogP contribution in [-0.2, 0) is 35.2 Å². The smallest absolute Gasteiger partial charge is 0.326 e. The number of benzene rings is 1. The van der Waals surface area contributed by atoms with E-state index in [0.717, 1.165) is 5.56 Å². The van der Waals surface area contributed by atoms with Gasteiger partial charge < -0.3 is 71.8 Å². The van der Waals surface area contributed by atoms with Crippen LogP contribution in [0.15, 0.2) is 45.3 Å². The second-order valence-electron chi connectivity index (χ2n) is 15.2. The molecule has 0 saturated carbocycles. The molecule has 0 heterocycles. The number of nitrogens with one attached hydrogen (secondary N) is 5. The number of nitrogens with two attached hydrogens (primary N) is 7. The van der Waals surface area contributed by atoms with Crippen LogP contribution in [0, 0.1) is 11.8 Å². The van der Waals surface area contributed by atoms with E-state index in [2.05, 4.69) is 41.6 Å². The van der Waals surface area contributed by atoms with E-state index in [4.69, 9.17) is 40.1 Å². The number of aliphatic imine (C=N–C) groups is 3. The molecule has 7 atom stereocenters. The Labute approximate surface area is 357 Å². The maximum Gasteiger partial charge on any atom is 0.326 e. The van der Waals surface area contributed by atoms with Crippen molar-refractivity contribution < 1.29 is 33.9 Å². The number of aliphatic carboxylic acids is 1. The molecule has 0 aliphatic carbocycles. The van der Waals surface area contributed by atoms with E-state index < -0.39 is 77.7 Å². The topological polar surface area (TPSA) is 402 Å². The SMILES string of the molecule is CCC(C)C(NC(=O)C(CCCN=C(N)N)NC(=O)C(CCCN=C(N)N)NC(=O)C(CC(C)C)NC(=O)C(N)Cc1ccccc1)C(=O)NC(CCCN=C(N)N)C(=O)O. The molecule has 22 heteroatoms. The summed E-state index contributed by atoms with van der Waals surface area (Å²) >= 11 is 0. The Hall–Kier alpha value is -6.19. The molecular weight excluding hydrogens is 791 g/mol. The van der Waals surface area contributed by atoms with Crippen molar-refractivity contribution in [3.8, 4) is 0 Å². The van der Waals surface area contributed by atoms with E-state index in [1.54, 1.807) is 13.8 Å². The normalized spacial score (nSPS) is 14.3. The van der Waals surface area contributed by atoms with Gasteiger partial charge in [0.15, 0.2) is 17.9 Å². The molecule has 1 aromatic carbocycles. The van der Waals surface area contributed by atoms with Crippen LogP contribution in [0.2, 0.25) is 0 Å². The van der Waals surface area contributed by atoms with Gasteiger partial charge in [-0.05, 0) is 68.8 Å². The van der Waals surface area contributed by atoms with E-state index in [0.29, 0.717) is 6.42 Å². The maximum atomic E-state index is 14.1. The molecule has 0 spiro atoms. The van der Waals surface area contributed by atoms with Crippen molar-refractivity contribution in [2.75, 3.05) is 19.6 Å². The number of nitrogens with zero attached hydrogens (tertiary/aromatic N) is 3. The van der Waals surface area contributed by atoms with Crippen LogP contribution < -0.4 is 66.7 Å². The molecule has 5 amide bonds. The minimum absolute atomic E-state index is 0.000982. The summed E-state index contributed by atoms with van der Waals surface area (Å²) in [6.45, 7) is 7.57. The van der Waals surface area contributed by atoms with Gasteiger partial charge in [0, 0.05) is 19.6 Å². The molecule has 1 rings (SSSR count). The van der Waals surface area contributed by atoms with Gasteiger partial charge >= 0.3 is 5.97 Å². The van der Waals surface area contributed by atoms with Crippen LogP contribution in [-0.4, -0.2) is 114 Å². The number of carbonyl (C=O) groups excluding carboxylic acids is 5. The van der Waals surface area contributed by atoms with Crippen molar-refractivity contribution >= 4 is 53.4 Å². The molecule has 0 aliphatic rings. The molecule has 0 radical (unpaired) electrons. The highest BCUT2D eigenvalue weighted by Crippen LogP contribution is 2.13. The lowest BCUT2D eigenvalue weighted by atomic mass is 9.96. The lowest BCUT2D eigenvalue weighted by molar-refractivity contribution is -0.143. The lowest BCUT2D eigenvalue weighted by Crippen LogP contribution is -2.60. The van der Waals surface area contributed by atoms with Crippen molar-refractivity contribution in [2.24, 2.45) is 66.9 Å². The quantitative estimate of drug-likeness (QED) is 0.0222. The van der Waals surface area contributed by atoms with Crippen molar-refractivity contribution in [3.63, 3.8) is 0 Å². The Balaban J connectivity index is 3.41. The van der Waals surface area contributed by atoms with Crippen LogP contribution in [0.5, 0.6) is 0 Å². The zero-order valence-corrected chi connectivity index (χ0v) is 35.8. The summed E-state index contributed by atoms with van der Waals surface area (Å²) in [6.07, 6.45) is 1.55. The van der Waals surface area contributed by atoms with Crippen LogP contribution in [0.3, 0.4) is 0 Å². The van der Waals surface area contributed by atoms with E-state index in [9.17, 15) is 33.9 Å². The molecule has 61 heavy (non-hydrogen) atoms. The predicted octanol–water partition coefficient (Wildman–Crippen LogP) is -2.68. The first-order valence-corrected chi connectivity index (χ1v) is 20.5. The Kier molecular flexibility index (Phi) is 24.5. The predicted molar refractivity (Wildman–Crippen MR) is 234 cm³/mol. The van der Waals surface area contributed by atoms with Gasteiger partial charge in [-0.3, -0.25) is 38.9 Å². The first-order valence-electron chi connectivity index (χ1n) is 20.5. The molecule has 22 nitrogen and oxygen atoms in total. The Morgan fingerprint density at radius 2 is 1.00 bits per heavy atom. The van der Waals surface area contributed by atoms with Gasteiger partial charge in [0.05, 0.1) is 6.04 Å². The zero-order chi connectivity index (χ0) is 46.1. The standard InChI is InChI=1S/C39H69N15O7/c1-5-23(4)30(35(59)52-28(36(60)61)16-11-19-49-39(45)46)54-33(57)27(15-10-18-48-38(43)44)50-32(56)26(14-9-17-47-37(41)42)51-34(58)29(20-22(2)3)53-31(55)25(40)21-24-12-7-6-8-13-24/h6-8,12-13,22-23,25-30H,5,9-11,14-21,40H2,1-4H3,(H,50,56)(H,51,58)(H,52,59)(H,53,55)(H,54,57)(H,60,61)(H4,41,42,47)(H4,43,44,48)(H4,45,46,49). The first kappa shape index (κ1) is 52.8. The second kappa shape index (κ2) is 28.3. The summed E-state index contributed by atoms with van der Waals surface area (Å²) in [7, 11) is 0. The highest BCUT2D eigenvalue weighted by atomic mass is 16.4. The molecule has 0 fully saturated rings. The Morgan fingerprint density at radius 1 is 0.590 bits per heavy atom. The van der Waals surface area contributed by atoms with Gasteiger partial charge in [-0.15, -0.1) is 0 Å². The molecular formula is C39H69N15O7. The fraction of sp³-hybridized carbons (Fsp3) is 0.615. The van der Waals surface area contributed by atoms with Gasteiger partial charge in [0.25, 0.3) is 0 Å². The number of carbonyl (C=O) groups is 6. The lowest BCUT2D eigenvalue weighted by Gasteiger charge is -2.29. The summed E-state index contributed by atoms with van der Waals surface area (Å²) < 4.78 is 0. The minimum atomic E-state index is -1.31. The van der Waals surface area contributed by atoms with Gasteiger partial charge in [-0.25, -0.2) is 4.79 Å². The maximum absolute atomic E-state index is 14.1. The number of carboxylic acid groups (broad SMARTS) is 1. The van der Waals surface area contributed by atoms with Crippen LogP contribution in [0.25, 0.3) is 0 Å². The highest BCUT2D eigenvalue weighted by molar-refractivity contribution is 5.96. The van der Waals surface area contributed by atoms with E-state index in [1.165, 1.54) is 0 Å². The largest absolute Gasteiger partial charge is 0.480 e.